The molecule has 0 aliphatic heterocycles. The van der Waals surface area contributed by atoms with Gasteiger partial charge in [0.1, 0.15) is 0 Å². The summed E-state index contributed by atoms with van der Waals surface area (Å²) in [5.41, 5.74) is 7.66. The summed E-state index contributed by atoms with van der Waals surface area (Å²) < 4.78 is 0. The maximum absolute atomic E-state index is 2.31. The molecule has 276 valence electrons. The Morgan fingerprint density at radius 3 is 0.920 bits per heavy atom. The van der Waals surface area contributed by atoms with Gasteiger partial charge < -0.3 is 0 Å². The van der Waals surface area contributed by atoms with Crippen LogP contribution in [0.3, 0.4) is 0 Å². The Morgan fingerprint density at radius 1 is 0.280 bits per heavy atom. The van der Waals surface area contributed by atoms with Gasteiger partial charge in [-0.2, -0.15) is 0 Å². The number of hydrogen-bond donors (Lipinski definition) is 0. The van der Waals surface area contributed by atoms with Crippen molar-refractivity contribution in [2.24, 2.45) is 21.7 Å². The Bertz CT molecular complexity index is 1320. The number of rotatable bonds is 10. The fourth-order valence-corrected chi connectivity index (χ4v) is 5.47. The average Bonchev–Trinajstić information content (AvgIpc) is 3.03. The van der Waals surface area contributed by atoms with Crippen molar-refractivity contribution in [1.82, 2.24) is 0 Å². The van der Waals surface area contributed by atoms with Crippen LogP contribution in [0.4, 0.5) is 0 Å². The minimum Gasteiger partial charge on any atom is -0.0622 e. The van der Waals surface area contributed by atoms with Crippen molar-refractivity contribution in [3.63, 3.8) is 0 Å². The van der Waals surface area contributed by atoms with Crippen LogP contribution in [0, 0.1) is 21.7 Å². The average molecular weight is 677 g/mol. The fraction of sp³-hybridized carbons (Fsp3) is 0.520. The Kier molecular flexibility index (Phi) is 21.0. The van der Waals surface area contributed by atoms with Crippen LogP contribution in [-0.4, -0.2) is 0 Å². The van der Waals surface area contributed by atoms with Crippen molar-refractivity contribution >= 4 is 0 Å². The molecule has 0 aliphatic carbocycles. The molecular formula is C50H76. The number of hydrogen-bond acceptors (Lipinski definition) is 0. The van der Waals surface area contributed by atoms with E-state index in [4.69, 9.17) is 0 Å². The lowest BCUT2D eigenvalue weighted by Crippen LogP contribution is -2.08. The summed E-state index contributed by atoms with van der Waals surface area (Å²) in [6.07, 6.45) is 12.7. The molecule has 50 heavy (non-hydrogen) atoms. The summed E-state index contributed by atoms with van der Waals surface area (Å²) in [6.45, 7) is 27.5. The van der Waals surface area contributed by atoms with Crippen molar-refractivity contribution in [3.8, 4) is 0 Å². The summed E-state index contributed by atoms with van der Waals surface area (Å²) in [4.78, 5) is 0. The first kappa shape index (κ1) is 44.9. The van der Waals surface area contributed by atoms with E-state index >= 15 is 0 Å². The van der Waals surface area contributed by atoms with Crippen molar-refractivity contribution in [1.29, 1.82) is 0 Å². The van der Waals surface area contributed by atoms with Gasteiger partial charge in [0, 0.05) is 0 Å². The predicted molar refractivity (Wildman–Crippen MR) is 226 cm³/mol. The third-order valence-corrected chi connectivity index (χ3v) is 8.30. The predicted octanol–water partition coefficient (Wildman–Crippen LogP) is 15.4. The molecule has 0 nitrogen and oxygen atoms in total. The van der Waals surface area contributed by atoms with Gasteiger partial charge in [0.15, 0.2) is 0 Å². The molecule has 0 radical (unpaired) electrons. The van der Waals surface area contributed by atoms with Crippen molar-refractivity contribution in [3.05, 3.63) is 144 Å². The normalized spacial score (nSPS) is 11.6. The molecular weight excluding hydrogens is 601 g/mol. The molecule has 4 rings (SSSR count). The summed E-state index contributed by atoms with van der Waals surface area (Å²) >= 11 is 0. The second-order valence-corrected chi connectivity index (χ2v) is 18.9. The molecule has 0 unspecified atom stereocenters. The first-order valence-electron chi connectivity index (χ1n) is 19.5. The zero-order chi connectivity index (χ0) is 37.5. The standard InChI is InChI=1S/C14H22.C13H20.C12H18.C11H16/c1-14(2,3)12-8-7-11-13-9-5-4-6-10-13;1-13(2,3)11-7-10-12-8-5-4-6-9-12;1-12(2,3)10-9-11-7-5-4-6-8-11;1-11(2,3)9-10-7-5-4-6-8-10/h4-6,9-10H,7-8,11-12H2,1-3H3;4-6,8-9H,7,10-11H2,1-3H3;4-8H,9-10H2,1-3H3;4-8H,9H2,1-3H3. The van der Waals surface area contributed by atoms with E-state index in [1.807, 2.05) is 0 Å². The lowest BCUT2D eigenvalue weighted by molar-refractivity contribution is 0.360. The third-order valence-electron chi connectivity index (χ3n) is 8.30. The van der Waals surface area contributed by atoms with Crippen LogP contribution < -0.4 is 0 Å². The van der Waals surface area contributed by atoms with Crippen molar-refractivity contribution < 1.29 is 0 Å². The summed E-state index contributed by atoms with van der Waals surface area (Å²) in [5.74, 6) is 0. The molecule has 0 spiro atoms. The molecule has 4 aromatic carbocycles. The molecule has 0 aromatic heterocycles. The zero-order valence-electron chi connectivity index (χ0n) is 34.6. The molecule has 0 aliphatic rings. The molecule has 0 fully saturated rings. The molecule has 0 heteroatoms. The first-order valence-corrected chi connectivity index (χ1v) is 19.5. The fourth-order valence-electron chi connectivity index (χ4n) is 5.47. The quantitative estimate of drug-likeness (QED) is 0.147. The topological polar surface area (TPSA) is 0 Å². The van der Waals surface area contributed by atoms with Crippen molar-refractivity contribution in [2.45, 2.75) is 147 Å². The number of benzene rings is 4. The van der Waals surface area contributed by atoms with E-state index < -0.39 is 0 Å². The van der Waals surface area contributed by atoms with E-state index in [9.17, 15) is 0 Å². The van der Waals surface area contributed by atoms with Crippen LogP contribution in [0.25, 0.3) is 0 Å². The largest absolute Gasteiger partial charge is 0.0622 e. The summed E-state index contributed by atoms with van der Waals surface area (Å²) in [7, 11) is 0. The Morgan fingerprint density at radius 2 is 0.580 bits per heavy atom. The monoisotopic (exact) mass is 677 g/mol. The minimum absolute atomic E-state index is 0.404. The third kappa shape index (κ3) is 28.7. The highest BCUT2D eigenvalue weighted by atomic mass is 14.2. The van der Waals surface area contributed by atoms with Gasteiger partial charge in [0.05, 0.1) is 0 Å². The van der Waals surface area contributed by atoms with Crippen LogP contribution >= 0.6 is 0 Å². The van der Waals surface area contributed by atoms with Gasteiger partial charge in [-0.3, -0.25) is 0 Å². The van der Waals surface area contributed by atoms with Gasteiger partial charge in [0.25, 0.3) is 0 Å². The molecule has 0 saturated carbocycles. The highest BCUT2D eigenvalue weighted by Crippen LogP contribution is 2.24. The molecule has 0 atom stereocenters. The molecule has 4 aromatic rings. The minimum atomic E-state index is 0.404. The van der Waals surface area contributed by atoms with Gasteiger partial charge in [-0.05, 0) is 102 Å². The van der Waals surface area contributed by atoms with Gasteiger partial charge in [-0.25, -0.2) is 0 Å². The molecule has 0 bridgehead atoms. The van der Waals surface area contributed by atoms with E-state index in [2.05, 4.69) is 204 Å². The molecule has 0 amide bonds. The van der Waals surface area contributed by atoms with E-state index in [1.165, 1.54) is 80.0 Å². The SMILES string of the molecule is CC(C)(C)CCCCc1ccccc1.CC(C)(C)CCCc1ccccc1.CC(C)(C)CCc1ccccc1.CC(C)(C)Cc1ccccc1. The first-order chi connectivity index (χ1) is 23.3. The van der Waals surface area contributed by atoms with Gasteiger partial charge in [-0.1, -0.05) is 211 Å². The molecule has 0 saturated heterocycles. The van der Waals surface area contributed by atoms with E-state index in [-0.39, 0.29) is 0 Å². The lowest BCUT2D eigenvalue weighted by Gasteiger charge is -2.17. The van der Waals surface area contributed by atoms with E-state index in [1.54, 1.807) is 0 Å². The Labute approximate surface area is 311 Å². The van der Waals surface area contributed by atoms with Gasteiger partial charge >= 0.3 is 0 Å². The van der Waals surface area contributed by atoms with Gasteiger partial charge in [-0.15, -0.1) is 0 Å². The van der Waals surface area contributed by atoms with Gasteiger partial charge in [0.2, 0.25) is 0 Å². The van der Waals surface area contributed by atoms with Crippen LogP contribution in [-0.2, 0) is 25.7 Å². The smallest absolute Gasteiger partial charge is 0.0230 e. The lowest BCUT2D eigenvalue weighted by atomic mass is 9.88. The van der Waals surface area contributed by atoms with Crippen LogP contribution in [0.15, 0.2) is 121 Å². The Balaban J connectivity index is 0.000000335. The summed E-state index contributed by atoms with van der Waals surface area (Å²) in [6, 6.07) is 42.8. The highest BCUT2D eigenvalue weighted by Gasteiger charge is 2.11. The Hall–Kier alpha value is -3.12. The zero-order valence-corrected chi connectivity index (χ0v) is 34.6. The second kappa shape index (κ2) is 23.4. The van der Waals surface area contributed by atoms with E-state index in [0.717, 1.165) is 6.42 Å². The highest BCUT2D eigenvalue weighted by molar-refractivity contribution is 5.17. The molecule has 0 heterocycles. The number of aryl methyl sites for hydroxylation is 3. The van der Waals surface area contributed by atoms with Crippen molar-refractivity contribution in [2.75, 3.05) is 0 Å². The van der Waals surface area contributed by atoms with Crippen LogP contribution in [0.2, 0.25) is 0 Å². The maximum Gasteiger partial charge on any atom is -0.0230 e. The number of unbranched alkanes of at least 4 members (excludes halogenated alkanes) is 1. The maximum atomic E-state index is 2.31. The van der Waals surface area contributed by atoms with Crippen LogP contribution in [0.5, 0.6) is 0 Å². The van der Waals surface area contributed by atoms with Crippen LogP contribution in [0.1, 0.15) is 144 Å². The van der Waals surface area contributed by atoms with E-state index in [0.29, 0.717) is 21.7 Å². The second-order valence-electron chi connectivity index (χ2n) is 18.9. The molecule has 0 N–H and O–H groups in total. The summed E-state index contributed by atoms with van der Waals surface area (Å²) in [5, 5.41) is 0.